The molecule has 1 aromatic rings. The van der Waals surface area contributed by atoms with Crippen molar-refractivity contribution in [1.29, 1.82) is 0 Å². The highest BCUT2D eigenvalue weighted by atomic mass is 32.1. The van der Waals surface area contributed by atoms with Gasteiger partial charge >= 0.3 is 0 Å². The third-order valence-electron chi connectivity index (χ3n) is 2.73. The molecular formula is C13H23N3O3S. The molecule has 0 saturated heterocycles. The summed E-state index contributed by atoms with van der Waals surface area (Å²) in [5, 5.41) is 3.72. The fourth-order valence-electron chi connectivity index (χ4n) is 1.70. The molecule has 1 rings (SSSR count). The second kappa shape index (κ2) is 8.78. The van der Waals surface area contributed by atoms with E-state index in [0.29, 0.717) is 30.3 Å². The number of thiophene rings is 1. The minimum Gasteiger partial charge on any atom is -0.397 e. The zero-order valence-corrected chi connectivity index (χ0v) is 13.1. The average molecular weight is 301 g/mol. The van der Waals surface area contributed by atoms with E-state index in [4.69, 9.17) is 15.2 Å². The van der Waals surface area contributed by atoms with Crippen molar-refractivity contribution in [3.05, 3.63) is 10.9 Å². The fraction of sp³-hybridized carbons (Fsp3) is 0.615. The second-order valence-electron chi connectivity index (χ2n) is 4.20. The number of nitrogen functional groups attached to an aromatic ring is 1. The quantitative estimate of drug-likeness (QED) is 0.716. The van der Waals surface area contributed by atoms with Gasteiger partial charge in [0.2, 0.25) is 0 Å². The van der Waals surface area contributed by atoms with Gasteiger partial charge in [0, 0.05) is 33.9 Å². The van der Waals surface area contributed by atoms with Gasteiger partial charge in [0.05, 0.1) is 23.9 Å². The van der Waals surface area contributed by atoms with Crippen LogP contribution in [0.3, 0.4) is 0 Å². The van der Waals surface area contributed by atoms with Crippen molar-refractivity contribution in [1.82, 2.24) is 5.32 Å². The van der Waals surface area contributed by atoms with Crippen molar-refractivity contribution < 1.29 is 14.3 Å². The van der Waals surface area contributed by atoms with E-state index in [2.05, 4.69) is 10.2 Å². The van der Waals surface area contributed by atoms with E-state index >= 15 is 0 Å². The summed E-state index contributed by atoms with van der Waals surface area (Å²) < 4.78 is 10.2. The van der Waals surface area contributed by atoms with Gasteiger partial charge in [-0.25, -0.2) is 0 Å². The van der Waals surface area contributed by atoms with Gasteiger partial charge in [0.25, 0.3) is 5.91 Å². The van der Waals surface area contributed by atoms with Crippen LogP contribution in [0.5, 0.6) is 0 Å². The lowest BCUT2D eigenvalue weighted by Gasteiger charge is -2.22. The number of hydrogen-bond acceptors (Lipinski definition) is 6. The zero-order chi connectivity index (χ0) is 15.0. The van der Waals surface area contributed by atoms with E-state index in [1.807, 2.05) is 13.0 Å². The van der Waals surface area contributed by atoms with Crippen molar-refractivity contribution >= 4 is 27.9 Å². The summed E-state index contributed by atoms with van der Waals surface area (Å²) >= 11 is 1.39. The molecule has 0 atom stereocenters. The molecule has 0 aromatic carbocycles. The van der Waals surface area contributed by atoms with Crippen LogP contribution < -0.4 is 16.0 Å². The Bertz CT molecular complexity index is 415. The summed E-state index contributed by atoms with van der Waals surface area (Å²) in [5.74, 6) is -0.125. The Kier molecular flexibility index (Phi) is 7.35. The predicted octanol–water partition coefficient (Wildman–Crippen LogP) is 1.18. The first-order valence-corrected chi connectivity index (χ1v) is 7.36. The Labute approximate surface area is 123 Å². The van der Waals surface area contributed by atoms with Crippen LogP contribution in [0.2, 0.25) is 0 Å². The molecule has 0 saturated carbocycles. The second-order valence-corrected chi connectivity index (χ2v) is 5.23. The number of nitrogens with one attached hydrogen (secondary N) is 1. The summed E-state index contributed by atoms with van der Waals surface area (Å²) in [7, 11) is 3.33. The van der Waals surface area contributed by atoms with Gasteiger partial charge in [-0.3, -0.25) is 4.79 Å². The molecular weight excluding hydrogens is 278 g/mol. The number of anilines is 2. The van der Waals surface area contributed by atoms with E-state index in [9.17, 15) is 4.79 Å². The Morgan fingerprint density at radius 3 is 2.45 bits per heavy atom. The monoisotopic (exact) mass is 301 g/mol. The lowest BCUT2D eigenvalue weighted by Crippen LogP contribution is -2.29. The standard InChI is InChI=1S/C13H23N3O3S/c1-4-15-13(17)12-10(14)9-11(20-12)16(5-7-18-2)6-8-19-3/h9H,4-8,14H2,1-3H3,(H,15,17). The van der Waals surface area contributed by atoms with Crippen molar-refractivity contribution in [2.75, 3.05) is 57.7 Å². The van der Waals surface area contributed by atoms with E-state index in [1.165, 1.54) is 11.3 Å². The van der Waals surface area contributed by atoms with Crippen LogP contribution in [0.1, 0.15) is 16.6 Å². The number of methoxy groups -OCH3 is 2. The number of hydrogen-bond donors (Lipinski definition) is 2. The van der Waals surface area contributed by atoms with Crippen LogP contribution in [0.15, 0.2) is 6.07 Å². The van der Waals surface area contributed by atoms with E-state index in [-0.39, 0.29) is 5.91 Å². The maximum atomic E-state index is 11.9. The third-order valence-corrected chi connectivity index (χ3v) is 3.94. The molecule has 7 heteroatoms. The minimum absolute atomic E-state index is 0.125. The van der Waals surface area contributed by atoms with Gasteiger partial charge in [-0.15, -0.1) is 11.3 Å². The van der Waals surface area contributed by atoms with E-state index in [0.717, 1.165) is 18.1 Å². The molecule has 6 nitrogen and oxygen atoms in total. The molecule has 0 spiro atoms. The Balaban J connectivity index is 2.84. The van der Waals surface area contributed by atoms with Crippen molar-refractivity contribution in [3.8, 4) is 0 Å². The molecule has 0 aliphatic heterocycles. The summed E-state index contributed by atoms with van der Waals surface area (Å²) in [6.07, 6.45) is 0. The molecule has 3 N–H and O–H groups in total. The first kappa shape index (κ1) is 16.7. The summed E-state index contributed by atoms with van der Waals surface area (Å²) in [5.41, 5.74) is 6.44. The molecule has 0 bridgehead atoms. The Hall–Kier alpha value is -1.31. The minimum atomic E-state index is -0.125. The Morgan fingerprint density at radius 1 is 1.35 bits per heavy atom. The number of rotatable bonds is 9. The number of nitrogens with two attached hydrogens (primary N) is 1. The molecule has 20 heavy (non-hydrogen) atoms. The molecule has 1 amide bonds. The first-order chi connectivity index (χ1) is 9.63. The van der Waals surface area contributed by atoms with Gasteiger partial charge in [0.1, 0.15) is 4.88 Å². The molecule has 1 aromatic heterocycles. The topological polar surface area (TPSA) is 76.8 Å². The SMILES string of the molecule is CCNC(=O)c1sc(N(CCOC)CCOC)cc1N. The molecule has 114 valence electrons. The van der Waals surface area contributed by atoms with Crippen LogP contribution in [0, 0.1) is 0 Å². The average Bonchev–Trinajstić information content (AvgIpc) is 2.81. The maximum Gasteiger partial charge on any atom is 0.263 e. The normalized spacial score (nSPS) is 10.6. The molecule has 0 aliphatic rings. The van der Waals surface area contributed by atoms with Gasteiger partial charge in [-0.2, -0.15) is 0 Å². The zero-order valence-electron chi connectivity index (χ0n) is 12.3. The number of ether oxygens (including phenoxy) is 2. The molecule has 0 fully saturated rings. The van der Waals surface area contributed by atoms with E-state index < -0.39 is 0 Å². The van der Waals surface area contributed by atoms with Crippen molar-refractivity contribution in [3.63, 3.8) is 0 Å². The number of nitrogens with zero attached hydrogens (tertiary/aromatic N) is 1. The molecule has 0 unspecified atom stereocenters. The first-order valence-electron chi connectivity index (χ1n) is 6.54. The molecule has 0 radical (unpaired) electrons. The summed E-state index contributed by atoms with van der Waals surface area (Å²) in [6.45, 7) is 5.15. The lowest BCUT2D eigenvalue weighted by atomic mass is 10.3. The highest BCUT2D eigenvalue weighted by Gasteiger charge is 2.17. The largest absolute Gasteiger partial charge is 0.397 e. The highest BCUT2D eigenvalue weighted by molar-refractivity contribution is 7.18. The van der Waals surface area contributed by atoms with Crippen LogP contribution in [0.25, 0.3) is 0 Å². The van der Waals surface area contributed by atoms with Crippen LogP contribution in [-0.4, -0.2) is 53.0 Å². The van der Waals surface area contributed by atoms with Gasteiger partial charge in [-0.1, -0.05) is 0 Å². The maximum absolute atomic E-state index is 11.9. The number of carbonyl (C=O) groups excluding carboxylic acids is 1. The number of carbonyl (C=O) groups is 1. The highest BCUT2D eigenvalue weighted by Crippen LogP contribution is 2.32. The van der Waals surface area contributed by atoms with Gasteiger partial charge in [0.15, 0.2) is 0 Å². The fourth-order valence-corrected chi connectivity index (χ4v) is 2.75. The third kappa shape index (κ3) is 4.66. The van der Waals surface area contributed by atoms with Crippen LogP contribution >= 0.6 is 11.3 Å². The van der Waals surface area contributed by atoms with Crippen LogP contribution in [-0.2, 0) is 9.47 Å². The summed E-state index contributed by atoms with van der Waals surface area (Å²) in [4.78, 5) is 14.5. The Morgan fingerprint density at radius 2 is 1.95 bits per heavy atom. The van der Waals surface area contributed by atoms with Gasteiger partial charge in [-0.05, 0) is 13.0 Å². The predicted molar refractivity (Wildman–Crippen MR) is 82.7 cm³/mol. The van der Waals surface area contributed by atoms with E-state index in [1.54, 1.807) is 14.2 Å². The van der Waals surface area contributed by atoms with Crippen molar-refractivity contribution in [2.45, 2.75) is 6.92 Å². The number of amides is 1. The lowest BCUT2D eigenvalue weighted by molar-refractivity contribution is 0.0960. The van der Waals surface area contributed by atoms with Crippen molar-refractivity contribution in [2.24, 2.45) is 0 Å². The van der Waals surface area contributed by atoms with Gasteiger partial charge < -0.3 is 25.4 Å². The molecule has 0 aliphatic carbocycles. The molecule has 1 heterocycles. The van der Waals surface area contributed by atoms with Crippen LogP contribution in [0.4, 0.5) is 10.7 Å². The summed E-state index contributed by atoms with van der Waals surface area (Å²) in [6, 6.07) is 1.83. The smallest absolute Gasteiger partial charge is 0.263 e.